The Hall–Kier alpha value is -2.79. The van der Waals surface area contributed by atoms with Crippen LogP contribution >= 0.6 is 0 Å². The van der Waals surface area contributed by atoms with Crippen LogP contribution in [0.5, 0.6) is 0 Å². The lowest BCUT2D eigenvalue weighted by Gasteiger charge is -2.35. The van der Waals surface area contributed by atoms with Crippen molar-refractivity contribution >= 4 is 22.7 Å². The first-order chi connectivity index (χ1) is 12.8. The number of aromatic nitrogens is 1. The van der Waals surface area contributed by atoms with E-state index in [1.54, 1.807) is 18.3 Å². The fraction of sp³-hybridized carbons (Fsp3) is 0.318. The summed E-state index contributed by atoms with van der Waals surface area (Å²) in [6.07, 6.45) is 1.64. The quantitative estimate of drug-likeness (QED) is 0.661. The number of carboxylic acid groups (broad SMARTS) is 1. The second kappa shape index (κ2) is 7.45. The number of fused-ring (bicyclic) bond motifs is 2. The highest BCUT2D eigenvalue weighted by Gasteiger charge is 2.36. The minimum atomic E-state index is -0.948. The molecule has 0 bridgehead atoms. The van der Waals surface area contributed by atoms with Gasteiger partial charge in [0.2, 0.25) is 0 Å². The molecule has 1 aromatic heterocycles. The number of rotatable bonds is 1. The molecule has 5 heteroatoms. The molecule has 1 atom stereocenters. The van der Waals surface area contributed by atoms with Crippen LogP contribution in [0.25, 0.3) is 10.9 Å². The maximum Gasteiger partial charge on any atom is 0.415 e. The Bertz CT molecular complexity index is 940. The van der Waals surface area contributed by atoms with Gasteiger partial charge in [0.05, 0.1) is 5.52 Å². The number of hydrogen-bond acceptors (Lipinski definition) is 3. The zero-order chi connectivity index (χ0) is 19.6. The largest absolute Gasteiger partial charge is 0.464 e. The monoisotopic (exact) mass is 366 g/mol. The fourth-order valence-corrected chi connectivity index (χ4v) is 3.65. The van der Waals surface area contributed by atoms with Crippen LogP contribution in [-0.4, -0.2) is 33.6 Å². The highest BCUT2D eigenvalue weighted by atomic mass is 16.4. The third-order valence-electron chi connectivity index (χ3n) is 5.05. The fourth-order valence-electron chi connectivity index (χ4n) is 3.65. The van der Waals surface area contributed by atoms with Crippen LogP contribution in [0.15, 0.2) is 60.8 Å². The van der Waals surface area contributed by atoms with E-state index >= 15 is 0 Å². The summed E-state index contributed by atoms with van der Waals surface area (Å²) in [5.74, 6) is 0. The zero-order valence-electron chi connectivity index (χ0n) is 16.0. The number of hydrogen-bond donors (Lipinski definition) is 2. The molecule has 4 rings (SSSR count). The Morgan fingerprint density at radius 1 is 1.07 bits per heavy atom. The highest BCUT2D eigenvalue weighted by molar-refractivity contribution is 5.88. The molecule has 2 heterocycles. The van der Waals surface area contributed by atoms with Gasteiger partial charge in [-0.25, -0.2) is 4.79 Å². The lowest BCUT2D eigenvalue weighted by Crippen LogP contribution is -2.42. The standard InChI is InChI=1S/C13H19NO.C9H7NO2/c1-13(2,3)12-8-10-6-4-5-7-11(10)14(12)9-15;11-9(12)10-6-5-7-3-1-2-4-8(7)10/h4-7,12,15H,8-9H2,1-3H3;1-6H,(H,11,12). The molecule has 0 saturated heterocycles. The van der Waals surface area contributed by atoms with Crippen molar-refractivity contribution < 1.29 is 15.0 Å². The lowest BCUT2D eigenvalue weighted by molar-refractivity contribution is 0.197. The second-order valence-corrected chi connectivity index (χ2v) is 7.85. The van der Waals surface area contributed by atoms with E-state index in [0.717, 1.165) is 17.3 Å². The van der Waals surface area contributed by atoms with Crippen molar-refractivity contribution in [1.82, 2.24) is 4.57 Å². The highest BCUT2D eigenvalue weighted by Crippen LogP contribution is 2.39. The van der Waals surface area contributed by atoms with Gasteiger partial charge in [-0.1, -0.05) is 57.2 Å². The number of carbonyl (C=O) groups is 1. The predicted molar refractivity (Wildman–Crippen MR) is 108 cm³/mol. The molecular formula is C22H26N2O3. The average Bonchev–Trinajstić information content (AvgIpc) is 3.23. The molecule has 3 aromatic rings. The molecule has 0 amide bonds. The topological polar surface area (TPSA) is 65.7 Å². The molecule has 2 aromatic carbocycles. The first-order valence-corrected chi connectivity index (χ1v) is 9.07. The van der Waals surface area contributed by atoms with Crippen LogP contribution in [0.4, 0.5) is 10.5 Å². The minimum absolute atomic E-state index is 0.110. The van der Waals surface area contributed by atoms with Crippen molar-refractivity contribution in [2.24, 2.45) is 5.41 Å². The van der Waals surface area contributed by atoms with E-state index in [2.05, 4.69) is 43.9 Å². The number of para-hydroxylation sites is 2. The van der Waals surface area contributed by atoms with Gasteiger partial charge in [-0.05, 0) is 35.6 Å². The molecule has 1 unspecified atom stereocenters. The van der Waals surface area contributed by atoms with E-state index in [1.807, 2.05) is 24.3 Å². The number of benzene rings is 2. The third-order valence-corrected chi connectivity index (χ3v) is 5.05. The molecular weight excluding hydrogens is 340 g/mol. The van der Waals surface area contributed by atoms with Gasteiger partial charge < -0.3 is 15.1 Å². The number of aliphatic hydroxyl groups excluding tert-OH is 1. The molecule has 0 spiro atoms. The van der Waals surface area contributed by atoms with Crippen molar-refractivity contribution in [3.63, 3.8) is 0 Å². The minimum Gasteiger partial charge on any atom is -0.464 e. The van der Waals surface area contributed by atoms with Crippen LogP contribution in [0.3, 0.4) is 0 Å². The molecule has 1 aliphatic heterocycles. The van der Waals surface area contributed by atoms with Crippen LogP contribution in [0.1, 0.15) is 26.3 Å². The summed E-state index contributed by atoms with van der Waals surface area (Å²) in [6, 6.07) is 17.9. The van der Waals surface area contributed by atoms with Crippen LogP contribution in [0, 0.1) is 5.41 Å². The van der Waals surface area contributed by atoms with Crippen LogP contribution in [0.2, 0.25) is 0 Å². The predicted octanol–water partition coefficient (Wildman–Crippen LogP) is 4.58. The van der Waals surface area contributed by atoms with Gasteiger partial charge >= 0.3 is 6.09 Å². The summed E-state index contributed by atoms with van der Waals surface area (Å²) >= 11 is 0. The molecule has 5 nitrogen and oxygen atoms in total. The summed E-state index contributed by atoms with van der Waals surface area (Å²) in [6.45, 7) is 6.80. The number of nitrogens with zero attached hydrogens (tertiary/aromatic N) is 2. The Morgan fingerprint density at radius 2 is 1.74 bits per heavy atom. The summed E-state index contributed by atoms with van der Waals surface area (Å²) in [7, 11) is 0. The average molecular weight is 366 g/mol. The van der Waals surface area contributed by atoms with E-state index in [-0.39, 0.29) is 12.1 Å². The van der Waals surface area contributed by atoms with E-state index in [9.17, 15) is 9.90 Å². The molecule has 2 N–H and O–H groups in total. The maximum absolute atomic E-state index is 10.6. The van der Waals surface area contributed by atoms with Gasteiger partial charge in [-0.3, -0.25) is 4.57 Å². The number of aliphatic hydroxyl groups is 1. The van der Waals surface area contributed by atoms with Gasteiger partial charge in [0.1, 0.15) is 6.73 Å². The maximum atomic E-state index is 10.6. The summed E-state index contributed by atoms with van der Waals surface area (Å²) < 4.78 is 1.20. The smallest absolute Gasteiger partial charge is 0.415 e. The van der Waals surface area contributed by atoms with E-state index in [1.165, 1.54) is 15.8 Å². The number of anilines is 1. The van der Waals surface area contributed by atoms with E-state index in [0.29, 0.717) is 6.04 Å². The van der Waals surface area contributed by atoms with Crippen LogP contribution < -0.4 is 4.90 Å². The van der Waals surface area contributed by atoms with Gasteiger partial charge in [-0.15, -0.1) is 0 Å². The van der Waals surface area contributed by atoms with Crippen molar-refractivity contribution in [3.8, 4) is 0 Å². The van der Waals surface area contributed by atoms with E-state index < -0.39 is 6.09 Å². The van der Waals surface area contributed by atoms with Gasteiger partial charge in [0.25, 0.3) is 0 Å². The molecule has 0 fully saturated rings. The van der Waals surface area contributed by atoms with Crippen molar-refractivity contribution in [2.45, 2.75) is 33.2 Å². The van der Waals surface area contributed by atoms with Gasteiger partial charge in [-0.2, -0.15) is 0 Å². The Balaban J connectivity index is 0.000000159. The van der Waals surface area contributed by atoms with Crippen molar-refractivity contribution in [3.05, 3.63) is 66.4 Å². The second-order valence-electron chi connectivity index (χ2n) is 7.85. The SMILES string of the molecule is CC(C)(C)C1Cc2ccccc2N1CO.O=C(O)n1ccc2ccccc21. The summed E-state index contributed by atoms with van der Waals surface area (Å²) in [4.78, 5) is 12.7. The zero-order valence-corrected chi connectivity index (χ0v) is 16.0. The van der Waals surface area contributed by atoms with Gasteiger partial charge in [0.15, 0.2) is 0 Å². The third kappa shape index (κ3) is 3.83. The first kappa shape index (κ1) is 19.0. The molecule has 0 radical (unpaired) electrons. The molecule has 142 valence electrons. The van der Waals surface area contributed by atoms with Gasteiger partial charge in [0, 0.05) is 23.3 Å². The van der Waals surface area contributed by atoms with Crippen LogP contribution in [-0.2, 0) is 6.42 Å². The van der Waals surface area contributed by atoms with Crippen molar-refractivity contribution in [1.29, 1.82) is 0 Å². The summed E-state index contributed by atoms with van der Waals surface area (Å²) in [5.41, 5.74) is 3.47. The molecule has 0 aliphatic carbocycles. The van der Waals surface area contributed by atoms with E-state index in [4.69, 9.17) is 5.11 Å². The molecule has 27 heavy (non-hydrogen) atoms. The first-order valence-electron chi connectivity index (χ1n) is 9.07. The normalized spacial score (nSPS) is 16.0. The van der Waals surface area contributed by atoms with Crippen molar-refractivity contribution in [2.75, 3.05) is 11.6 Å². The Kier molecular flexibility index (Phi) is 5.24. The summed E-state index contributed by atoms with van der Waals surface area (Å²) in [5, 5.41) is 19.2. The lowest BCUT2D eigenvalue weighted by atomic mass is 9.84. The Morgan fingerprint density at radius 3 is 2.41 bits per heavy atom. The Labute approximate surface area is 159 Å². The molecule has 1 aliphatic rings. The molecule has 0 saturated carbocycles.